The molecule has 0 radical (unpaired) electrons. The van der Waals surface area contributed by atoms with E-state index in [1.165, 1.54) is 11.3 Å². The Morgan fingerprint density at radius 1 is 0.893 bits per heavy atom. The Bertz CT molecular complexity index is 787. The number of carbonyl (C=O) groups is 1. The minimum Gasteiger partial charge on any atom is -0.493 e. The van der Waals surface area contributed by atoms with E-state index in [4.69, 9.17) is 14.2 Å². The van der Waals surface area contributed by atoms with E-state index >= 15 is 0 Å². The molecule has 1 heterocycles. The molecule has 0 unspecified atom stereocenters. The van der Waals surface area contributed by atoms with Crippen LogP contribution in [0.2, 0.25) is 0 Å². The number of nitrogens with zero attached hydrogens (tertiary/aromatic N) is 2. The molecule has 1 aliphatic rings. The third-order valence-corrected chi connectivity index (χ3v) is 5.19. The van der Waals surface area contributed by atoms with Gasteiger partial charge < -0.3 is 24.0 Å². The van der Waals surface area contributed by atoms with Crippen molar-refractivity contribution in [2.24, 2.45) is 0 Å². The molecule has 28 heavy (non-hydrogen) atoms. The number of hydrogen-bond acceptors (Lipinski definition) is 5. The summed E-state index contributed by atoms with van der Waals surface area (Å²) >= 11 is 0. The van der Waals surface area contributed by atoms with E-state index < -0.39 is 0 Å². The predicted octanol–water partition coefficient (Wildman–Crippen LogP) is 3.24. The highest BCUT2D eigenvalue weighted by Crippen LogP contribution is 2.38. The van der Waals surface area contributed by atoms with Crippen LogP contribution in [0.5, 0.6) is 17.2 Å². The third kappa shape index (κ3) is 4.01. The first-order valence-corrected chi connectivity index (χ1v) is 9.54. The smallest absolute Gasteiger partial charge is 0.254 e. The zero-order chi connectivity index (χ0) is 20.1. The molecule has 0 N–H and O–H groups in total. The van der Waals surface area contributed by atoms with Gasteiger partial charge in [0.1, 0.15) is 0 Å². The van der Waals surface area contributed by atoms with Crippen molar-refractivity contribution in [3.05, 3.63) is 47.5 Å². The average molecular weight is 384 g/mol. The highest BCUT2D eigenvalue weighted by atomic mass is 16.5. The maximum absolute atomic E-state index is 13.0. The van der Waals surface area contributed by atoms with Gasteiger partial charge in [-0.1, -0.05) is 19.1 Å². The van der Waals surface area contributed by atoms with E-state index in [2.05, 4.69) is 36.1 Å². The molecule has 150 valence electrons. The lowest BCUT2D eigenvalue weighted by Gasteiger charge is -2.36. The fraction of sp³-hybridized carbons (Fsp3) is 0.409. The zero-order valence-electron chi connectivity index (χ0n) is 17.0. The minimum atomic E-state index is -0.0276. The van der Waals surface area contributed by atoms with Crippen molar-refractivity contribution >= 4 is 11.6 Å². The molecule has 0 atom stereocenters. The molecule has 0 aliphatic carbocycles. The summed E-state index contributed by atoms with van der Waals surface area (Å²) in [5.74, 6) is 1.43. The van der Waals surface area contributed by atoms with E-state index in [0.717, 1.165) is 19.5 Å². The lowest BCUT2D eigenvalue weighted by atomic mass is 10.1. The molecule has 2 aromatic carbocycles. The minimum absolute atomic E-state index is 0.0276. The first-order chi connectivity index (χ1) is 13.6. The highest BCUT2D eigenvalue weighted by Gasteiger charge is 2.25. The van der Waals surface area contributed by atoms with Gasteiger partial charge in [-0.25, -0.2) is 0 Å². The van der Waals surface area contributed by atoms with Gasteiger partial charge in [0.05, 0.1) is 21.3 Å². The van der Waals surface area contributed by atoms with Gasteiger partial charge in [-0.2, -0.15) is 0 Å². The molecule has 0 bridgehead atoms. The Labute approximate surface area is 166 Å². The van der Waals surface area contributed by atoms with Crippen molar-refractivity contribution < 1.29 is 19.0 Å². The maximum atomic E-state index is 13.0. The van der Waals surface area contributed by atoms with Gasteiger partial charge in [0, 0.05) is 37.4 Å². The van der Waals surface area contributed by atoms with Crippen LogP contribution in [-0.4, -0.2) is 58.3 Å². The summed E-state index contributed by atoms with van der Waals surface area (Å²) in [7, 11) is 4.65. The second-order valence-electron chi connectivity index (χ2n) is 6.71. The Hall–Kier alpha value is -2.89. The van der Waals surface area contributed by atoms with Crippen LogP contribution in [0, 0.1) is 0 Å². The van der Waals surface area contributed by atoms with E-state index in [-0.39, 0.29) is 5.91 Å². The van der Waals surface area contributed by atoms with Crippen LogP contribution in [-0.2, 0) is 6.42 Å². The second kappa shape index (κ2) is 8.87. The molecule has 0 spiro atoms. The Morgan fingerprint density at radius 2 is 1.46 bits per heavy atom. The Balaban J connectivity index is 1.71. The molecule has 1 aliphatic heterocycles. The van der Waals surface area contributed by atoms with Crippen LogP contribution in [0.15, 0.2) is 36.4 Å². The number of ether oxygens (including phenoxy) is 3. The second-order valence-corrected chi connectivity index (χ2v) is 6.71. The van der Waals surface area contributed by atoms with Crippen molar-refractivity contribution in [2.45, 2.75) is 13.3 Å². The summed E-state index contributed by atoms with van der Waals surface area (Å²) < 4.78 is 16.1. The van der Waals surface area contributed by atoms with E-state index in [0.29, 0.717) is 35.9 Å². The number of hydrogen-bond donors (Lipinski definition) is 0. The van der Waals surface area contributed by atoms with Gasteiger partial charge in [0.2, 0.25) is 5.75 Å². The van der Waals surface area contributed by atoms with Crippen LogP contribution >= 0.6 is 0 Å². The molecule has 6 nitrogen and oxygen atoms in total. The summed E-state index contributed by atoms with van der Waals surface area (Å²) in [4.78, 5) is 17.2. The SMILES string of the molecule is CCc1ccc(N2CCN(C(=O)c3cc(OC)c(OC)c(OC)c3)CC2)cc1. The fourth-order valence-electron chi connectivity index (χ4n) is 3.50. The van der Waals surface area contributed by atoms with Crippen molar-refractivity contribution in [1.29, 1.82) is 0 Å². The van der Waals surface area contributed by atoms with Gasteiger partial charge in [-0.15, -0.1) is 0 Å². The monoisotopic (exact) mass is 384 g/mol. The molecule has 0 saturated carbocycles. The van der Waals surface area contributed by atoms with E-state index in [1.807, 2.05) is 4.90 Å². The summed E-state index contributed by atoms with van der Waals surface area (Å²) in [5, 5.41) is 0. The lowest BCUT2D eigenvalue weighted by molar-refractivity contribution is 0.0746. The van der Waals surface area contributed by atoms with E-state index in [9.17, 15) is 4.79 Å². The van der Waals surface area contributed by atoms with Crippen molar-refractivity contribution in [3.63, 3.8) is 0 Å². The van der Waals surface area contributed by atoms with Crippen molar-refractivity contribution in [3.8, 4) is 17.2 Å². The van der Waals surface area contributed by atoms with Gasteiger partial charge in [-0.3, -0.25) is 4.79 Å². The number of rotatable bonds is 6. The van der Waals surface area contributed by atoms with Crippen LogP contribution in [0.4, 0.5) is 5.69 Å². The van der Waals surface area contributed by atoms with E-state index in [1.54, 1.807) is 33.5 Å². The van der Waals surface area contributed by atoms with Crippen molar-refractivity contribution in [1.82, 2.24) is 4.90 Å². The number of amides is 1. The first kappa shape index (κ1) is 19.9. The molecular weight excluding hydrogens is 356 g/mol. The number of benzene rings is 2. The van der Waals surface area contributed by atoms with Crippen LogP contribution in [0.25, 0.3) is 0 Å². The molecule has 1 saturated heterocycles. The van der Waals surface area contributed by atoms with Gasteiger partial charge in [0.25, 0.3) is 5.91 Å². The van der Waals surface area contributed by atoms with Crippen LogP contribution in [0.1, 0.15) is 22.8 Å². The molecule has 2 aromatic rings. The standard InChI is InChI=1S/C22H28N2O4/c1-5-16-6-8-18(9-7-16)23-10-12-24(13-11-23)22(25)17-14-19(26-2)21(28-4)20(15-17)27-3/h6-9,14-15H,5,10-13H2,1-4H3. The summed E-state index contributed by atoms with van der Waals surface area (Å²) in [5.41, 5.74) is 3.08. The largest absolute Gasteiger partial charge is 0.493 e. The summed E-state index contributed by atoms with van der Waals surface area (Å²) in [6.45, 7) is 5.11. The summed E-state index contributed by atoms with van der Waals surface area (Å²) in [6.07, 6.45) is 1.04. The third-order valence-electron chi connectivity index (χ3n) is 5.19. The molecular formula is C22H28N2O4. The predicted molar refractivity (Wildman–Crippen MR) is 110 cm³/mol. The molecule has 1 fully saturated rings. The number of methoxy groups -OCH3 is 3. The Morgan fingerprint density at radius 3 is 1.93 bits per heavy atom. The number of carbonyl (C=O) groups excluding carboxylic acids is 1. The van der Waals surface area contributed by atoms with Gasteiger partial charge in [-0.05, 0) is 36.2 Å². The molecule has 0 aromatic heterocycles. The average Bonchev–Trinajstić information content (AvgIpc) is 2.77. The van der Waals surface area contributed by atoms with Crippen LogP contribution in [0.3, 0.4) is 0 Å². The molecule has 1 amide bonds. The zero-order valence-corrected chi connectivity index (χ0v) is 17.0. The quantitative estimate of drug-likeness (QED) is 0.765. The lowest BCUT2D eigenvalue weighted by Crippen LogP contribution is -2.48. The highest BCUT2D eigenvalue weighted by molar-refractivity contribution is 5.95. The Kier molecular flexibility index (Phi) is 6.29. The number of piperazine rings is 1. The van der Waals surface area contributed by atoms with Crippen molar-refractivity contribution in [2.75, 3.05) is 52.4 Å². The number of anilines is 1. The molecule has 3 rings (SSSR count). The molecule has 6 heteroatoms. The van der Waals surface area contributed by atoms with Gasteiger partial charge in [0.15, 0.2) is 11.5 Å². The number of aryl methyl sites for hydroxylation is 1. The first-order valence-electron chi connectivity index (χ1n) is 9.54. The fourth-order valence-corrected chi connectivity index (χ4v) is 3.50. The van der Waals surface area contributed by atoms with Gasteiger partial charge >= 0.3 is 0 Å². The summed E-state index contributed by atoms with van der Waals surface area (Å²) in [6, 6.07) is 12.1. The topological polar surface area (TPSA) is 51.2 Å². The normalized spacial score (nSPS) is 14.0. The maximum Gasteiger partial charge on any atom is 0.254 e. The van der Waals surface area contributed by atoms with Crippen LogP contribution < -0.4 is 19.1 Å².